The molecule has 5 heterocycles. The minimum Gasteiger partial charge on any atom is -0.345 e. The Morgan fingerprint density at radius 3 is 2.71 bits per heavy atom. The van der Waals surface area contributed by atoms with Gasteiger partial charge in [-0.05, 0) is 99.7 Å². The Balaban J connectivity index is 1.13. The summed E-state index contributed by atoms with van der Waals surface area (Å²) in [6.07, 6.45) is 3.98. The van der Waals surface area contributed by atoms with Gasteiger partial charge in [-0.25, -0.2) is 18.7 Å². The fourth-order valence-corrected chi connectivity index (χ4v) is 7.91. The summed E-state index contributed by atoms with van der Waals surface area (Å²) in [5, 5.41) is 9.92. The molecule has 2 saturated carbocycles. The number of fused-ring (bicyclic) bond motifs is 4. The number of benzene rings is 2. The Bertz CT molecular complexity index is 2140. The lowest BCUT2D eigenvalue weighted by Gasteiger charge is -2.27. The highest BCUT2D eigenvalue weighted by Gasteiger charge is 2.39. The van der Waals surface area contributed by atoms with E-state index in [1.54, 1.807) is 0 Å². The van der Waals surface area contributed by atoms with Crippen LogP contribution in [-0.2, 0) is 13.0 Å². The molecule has 11 heteroatoms. The van der Waals surface area contributed by atoms with Crippen molar-refractivity contribution in [1.29, 1.82) is 0 Å². The van der Waals surface area contributed by atoms with Crippen molar-refractivity contribution in [2.45, 2.75) is 76.3 Å². The molecule has 0 spiro atoms. The summed E-state index contributed by atoms with van der Waals surface area (Å²) in [5.74, 6) is 0.338. The zero-order valence-corrected chi connectivity index (χ0v) is 27.4. The lowest BCUT2D eigenvalue weighted by Crippen LogP contribution is -2.52. The number of carbonyl (C=O) groups is 2. The van der Waals surface area contributed by atoms with Gasteiger partial charge in [0.25, 0.3) is 11.8 Å². The second-order valence-corrected chi connectivity index (χ2v) is 14.4. The summed E-state index contributed by atoms with van der Waals surface area (Å²) in [7, 11) is 0. The Labute approximate surface area is 282 Å². The summed E-state index contributed by atoms with van der Waals surface area (Å²) in [4.78, 5) is 36.8. The van der Waals surface area contributed by atoms with E-state index in [9.17, 15) is 14.0 Å². The second kappa shape index (κ2) is 11.8. The molecule has 3 fully saturated rings. The largest absolute Gasteiger partial charge is 0.345 e. The monoisotopic (exact) mass is 663 g/mol. The van der Waals surface area contributed by atoms with Crippen molar-refractivity contribution in [1.82, 2.24) is 35.1 Å². The zero-order valence-electron chi connectivity index (χ0n) is 27.4. The number of pyridine rings is 1. The molecule has 2 bridgehead atoms. The van der Waals surface area contributed by atoms with Gasteiger partial charge in [0.1, 0.15) is 17.6 Å². The number of carbonyl (C=O) groups excluding carboxylic acids is 2. The van der Waals surface area contributed by atoms with Gasteiger partial charge in [0.2, 0.25) is 0 Å². The molecular formula is C38H39F2N7O2. The summed E-state index contributed by atoms with van der Waals surface area (Å²) in [6.45, 7) is 3.59. The number of imidazole rings is 1. The standard InChI is InChI=1S/C38H39F2N7O2/c1-20-30-11-8-23-15-34(46(35(23)43-30)19-24-14-22(24)7-6-21-4-2-3-5-26(21)37(48)42-20)36-44-31-16-27(29(40)17-33(31)47(36)25-9-10-25)38(49)45-32-18-41-13-12-28(32)39/h2-5,8,11,15-17,20,22,24-25,28,32,41H,6-7,9-10,12-14,18-19H2,1H3,(H,42,48)(H,45,49)/t20-,22-,24+,28+,32+/m1/s1. The minimum absolute atomic E-state index is 0.0937. The molecule has 5 atom stereocenters. The third-order valence-electron chi connectivity index (χ3n) is 11.0. The van der Waals surface area contributed by atoms with Crippen molar-refractivity contribution >= 4 is 33.9 Å². The molecule has 0 radical (unpaired) electrons. The predicted octanol–water partition coefficient (Wildman–Crippen LogP) is 6.03. The fraction of sp³-hybridized carbons (Fsp3) is 0.421. The fourth-order valence-electron chi connectivity index (χ4n) is 7.91. The summed E-state index contributed by atoms with van der Waals surface area (Å²) >= 11 is 0. The molecular weight excluding hydrogens is 624 g/mol. The van der Waals surface area contributed by atoms with Crippen LogP contribution in [0.1, 0.15) is 83.1 Å². The number of hydrogen-bond acceptors (Lipinski definition) is 5. The van der Waals surface area contributed by atoms with E-state index in [2.05, 4.69) is 43.3 Å². The second-order valence-electron chi connectivity index (χ2n) is 14.4. The molecule has 5 aromatic rings. The van der Waals surface area contributed by atoms with E-state index in [1.165, 1.54) is 12.1 Å². The Morgan fingerprint density at radius 2 is 1.88 bits per heavy atom. The first-order chi connectivity index (χ1) is 23.8. The Hall–Kier alpha value is -4.64. The van der Waals surface area contributed by atoms with Crippen LogP contribution in [0, 0.1) is 17.7 Å². The predicted molar refractivity (Wildman–Crippen MR) is 183 cm³/mol. The van der Waals surface area contributed by atoms with Crippen LogP contribution < -0.4 is 16.0 Å². The number of piperidine rings is 1. The maximum Gasteiger partial charge on any atom is 0.254 e. The summed E-state index contributed by atoms with van der Waals surface area (Å²) in [6, 6.07) is 16.1. The van der Waals surface area contributed by atoms with E-state index in [0.29, 0.717) is 42.4 Å². The van der Waals surface area contributed by atoms with Gasteiger partial charge in [-0.1, -0.05) is 18.2 Å². The number of halogens is 2. The third kappa shape index (κ3) is 5.48. The Morgan fingerprint density at radius 1 is 1.02 bits per heavy atom. The summed E-state index contributed by atoms with van der Waals surface area (Å²) in [5.41, 5.74) is 5.33. The maximum atomic E-state index is 15.7. The van der Waals surface area contributed by atoms with Gasteiger partial charge in [0, 0.05) is 36.1 Å². The van der Waals surface area contributed by atoms with Gasteiger partial charge in [-0.15, -0.1) is 0 Å². The van der Waals surface area contributed by atoms with Crippen LogP contribution in [0.15, 0.2) is 54.6 Å². The molecule has 252 valence electrons. The SMILES string of the molecule is C[C@H]1NC(=O)c2ccccc2CC[C@@H]2C[C@H]2Cn2c(-c3nc4cc(C(=O)N[C@H]5CNCC[C@@H]5F)c(F)cc4n3C3CC3)cc3ccc1nc32. The molecule has 2 aromatic carbocycles. The third-order valence-corrected chi connectivity index (χ3v) is 11.0. The molecule has 2 aliphatic heterocycles. The quantitative estimate of drug-likeness (QED) is 0.218. The molecule has 1 saturated heterocycles. The van der Waals surface area contributed by atoms with Gasteiger partial charge >= 0.3 is 0 Å². The first-order valence-corrected chi connectivity index (χ1v) is 17.6. The van der Waals surface area contributed by atoms with Crippen molar-refractivity contribution < 1.29 is 18.4 Å². The van der Waals surface area contributed by atoms with Gasteiger partial charge in [0.15, 0.2) is 5.82 Å². The van der Waals surface area contributed by atoms with Crippen molar-refractivity contribution in [2.75, 3.05) is 13.1 Å². The number of amides is 2. The number of aromatic nitrogens is 4. The molecule has 9 nitrogen and oxygen atoms in total. The van der Waals surface area contributed by atoms with E-state index in [4.69, 9.17) is 9.97 Å². The lowest BCUT2D eigenvalue weighted by atomic mass is 10.00. The first-order valence-electron chi connectivity index (χ1n) is 17.6. The molecule has 3 aromatic heterocycles. The van der Waals surface area contributed by atoms with Gasteiger partial charge in [-0.2, -0.15) is 0 Å². The number of aryl methyl sites for hydroxylation is 1. The topological polar surface area (TPSA) is 106 Å². The number of nitrogens with zero attached hydrogens (tertiary/aromatic N) is 4. The van der Waals surface area contributed by atoms with Gasteiger partial charge < -0.3 is 25.1 Å². The van der Waals surface area contributed by atoms with E-state index >= 15 is 4.39 Å². The van der Waals surface area contributed by atoms with Crippen molar-refractivity contribution in [3.63, 3.8) is 0 Å². The van der Waals surface area contributed by atoms with Crippen molar-refractivity contribution in [3.05, 3.63) is 82.8 Å². The highest BCUT2D eigenvalue weighted by Crippen LogP contribution is 2.46. The molecule has 2 amide bonds. The van der Waals surface area contributed by atoms with Gasteiger partial charge in [0.05, 0.1) is 40.1 Å². The van der Waals surface area contributed by atoms with Crippen molar-refractivity contribution in [3.8, 4) is 11.5 Å². The summed E-state index contributed by atoms with van der Waals surface area (Å²) < 4.78 is 34.6. The maximum absolute atomic E-state index is 15.7. The van der Waals surface area contributed by atoms with Gasteiger partial charge in [-0.3, -0.25) is 9.59 Å². The highest BCUT2D eigenvalue weighted by molar-refractivity contribution is 5.99. The molecule has 49 heavy (non-hydrogen) atoms. The first kappa shape index (κ1) is 30.4. The Kier molecular flexibility index (Phi) is 7.30. The van der Waals surface area contributed by atoms with Crippen molar-refractivity contribution in [2.24, 2.45) is 11.8 Å². The van der Waals surface area contributed by atoms with Crippen LogP contribution in [0.4, 0.5) is 8.78 Å². The molecule has 3 N–H and O–H groups in total. The van der Waals surface area contributed by atoms with E-state index in [1.807, 2.05) is 31.2 Å². The molecule has 2 aliphatic carbocycles. The normalized spacial score (nSPS) is 25.4. The average Bonchev–Trinajstić information content (AvgIpc) is 4.01. The lowest BCUT2D eigenvalue weighted by molar-refractivity contribution is 0.0887. The van der Waals surface area contributed by atoms with E-state index in [-0.39, 0.29) is 23.6 Å². The van der Waals surface area contributed by atoms with Crippen LogP contribution in [0.5, 0.6) is 0 Å². The molecule has 9 rings (SSSR count). The average molecular weight is 664 g/mol. The minimum atomic E-state index is -1.18. The smallest absolute Gasteiger partial charge is 0.254 e. The molecule has 0 unspecified atom stereocenters. The zero-order chi connectivity index (χ0) is 33.4. The van der Waals surface area contributed by atoms with Crippen LogP contribution in [0.2, 0.25) is 0 Å². The highest BCUT2D eigenvalue weighted by atomic mass is 19.1. The van der Waals surface area contributed by atoms with E-state index in [0.717, 1.165) is 78.0 Å². The number of nitrogens with one attached hydrogen (secondary N) is 3. The van der Waals surface area contributed by atoms with Crippen LogP contribution >= 0.6 is 0 Å². The van der Waals surface area contributed by atoms with Crippen LogP contribution in [0.25, 0.3) is 33.6 Å². The number of alkyl halides is 1. The van der Waals surface area contributed by atoms with Crippen LogP contribution in [0.3, 0.4) is 0 Å². The number of hydrogen-bond donors (Lipinski definition) is 3. The van der Waals surface area contributed by atoms with E-state index < -0.39 is 23.9 Å². The van der Waals surface area contributed by atoms with Crippen LogP contribution in [-0.4, -0.2) is 56.2 Å². The number of rotatable bonds is 4. The molecule has 4 aliphatic rings.